The molecule has 0 radical (unpaired) electrons. The Morgan fingerprint density at radius 2 is 1.50 bits per heavy atom. The van der Waals surface area contributed by atoms with Crippen LogP contribution in [0.2, 0.25) is 0 Å². The highest BCUT2D eigenvalue weighted by Gasteiger charge is 2.27. The van der Waals surface area contributed by atoms with Crippen molar-refractivity contribution < 1.29 is 34.8 Å². The predicted octanol–water partition coefficient (Wildman–Crippen LogP) is -0.695. The molecule has 0 spiro atoms. The Kier molecular flexibility index (Phi) is 8.65. The summed E-state index contributed by atoms with van der Waals surface area (Å²) in [5.74, 6) is -3.83. The third kappa shape index (κ3) is 7.58. The Labute approximate surface area is 194 Å². The number of aromatic hydroxyl groups is 3. The summed E-state index contributed by atoms with van der Waals surface area (Å²) in [5, 5.41) is 42.6. The zero-order valence-electron chi connectivity index (χ0n) is 18.3. The summed E-state index contributed by atoms with van der Waals surface area (Å²) in [6, 6.07) is 6.30. The van der Waals surface area contributed by atoms with Gasteiger partial charge in [0.05, 0.1) is 0 Å². The van der Waals surface area contributed by atoms with Gasteiger partial charge in [-0.25, -0.2) is 9.79 Å². The third-order valence-electron chi connectivity index (χ3n) is 4.82. The van der Waals surface area contributed by atoms with E-state index in [-0.39, 0.29) is 30.3 Å². The van der Waals surface area contributed by atoms with Crippen molar-refractivity contribution in [2.24, 2.45) is 16.5 Å². The van der Waals surface area contributed by atoms with Crippen LogP contribution in [0.15, 0.2) is 47.5 Å². The minimum Gasteiger partial charge on any atom is -0.508 e. The zero-order chi connectivity index (χ0) is 25.4. The molecule has 2 amide bonds. The van der Waals surface area contributed by atoms with Crippen molar-refractivity contribution in [2.75, 3.05) is 0 Å². The van der Waals surface area contributed by atoms with Gasteiger partial charge in [0.15, 0.2) is 17.5 Å². The molecule has 0 saturated carbocycles. The number of nitrogens with two attached hydrogens (primary N) is 2. The van der Waals surface area contributed by atoms with Crippen LogP contribution in [-0.2, 0) is 27.2 Å². The Hall–Kier alpha value is -4.48. The summed E-state index contributed by atoms with van der Waals surface area (Å²) < 4.78 is 0. The number of hydrogen-bond donors (Lipinski definition) is 8. The molecule has 182 valence electrons. The minimum atomic E-state index is -1.36. The van der Waals surface area contributed by atoms with Crippen molar-refractivity contribution in [1.29, 1.82) is 0 Å². The lowest BCUT2D eigenvalue weighted by atomic mass is 10.0. The predicted molar refractivity (Wildman–Crippen MR) is 122 cm³/mol. The van der Waals surface area contributed by atoms with Crippen LogP contribution in [0.25, 0.3) is 0 Å². The average molecular weight is 473 g/mol. The molecule has 12 heteroatoms. The van der Waals surface area contributed by atoms with E-state index in [0.717, 1.165) is 0 Å². The number of carbonyl (C=O) groups is 3. The molecule has 0 saturated heterocycles. The van der Waals surface area contributed by atoms with Gasteiger partial charge >= 0.3 is 5.97 Å². The van der Waals surface area contributed by atoms with Crippen molar-refractivity contribution in [1.82, 2.24) is 10.6 Å². The van der Waals surface area contributed by atoms with Gasteiger partial charge < -0.3 is 42.5 Å². The van der Waals surface area contributed by atoms with Crippen LogP contribution in [0.5, 0.6) is 17.2 Å². The van der Waals surface area contributed by atoms with E-state index in [9.17, 15) is 34.8 Å². The molecular formula is C22H27N5O7. The lowest BCUT2D eigenvalue weighted by Gasteiger charge is -2.21. The Morgan fingerprint density at radius 1 is 0.882 bits per heavy atom. The third-order valence-corrected chi connectivity index (χ3v) is 4.82. The van der Waals surface area contributed by atoms with Crippen molar-refractivity contribution in [3.63, 3.8) is 0 Å². The summed E-state index contributed by atoms with van der Waals surface area (Å²) in [4.78, 5) is 40.8. The first-order valence-electron chi connectivity index (χ1n) is 10.2. The molecule has 0 bridgehead atoms. The second-order valence-electron chi connectivity index (χ2n) is 7.60. The topological polar surface area (TPSA) is 221 Å². The number of carbonyl (C=O) groups excluding carboxylic acids is 2. The lowest BCUT2D eigenvalue weighted by molar-refractivity contribution is -0.142. The fraction of sp³-hybridized carbons (Fsp3) is 0.273. The SMILES string of the molecule is C[C@@H](NC(=O)[C@H](Cc1ccc(O)cc1)N=C(N)N)C(=O)N[C@@H](Cc1ccc(O)c(O)c1)C(=O)O. The molecule has 2 aromatic rings. The van der Waals surface area contributed by atoms with Crippen molar-refractivity contribution in [3.05, 3.63) is 53.6 Å². The van der Waals surface area contributed by atoms with E-state index in [1.165, 1.54) is 37.3 Å². The number of hydrogen-bond acceptors (Lipinski definition) is 7. The Bertz CT molecular complexity index is 1070. The maximum Gasteiger partial charge on any atom is 0.326 e. The van der Waals surface area contributed by atoms with E-state index < -0.39 is 41.7 Å². The molecule has 3 atom stereocenters. The number of phenolic OH excluding ortho intramolecular Hbond substituents is 3. The van der Waals surface area contributed by atoms with Crippen LogP contribution in [-0.4, -0.2) is 62.3 Å². The maximum atomic E-state index is 12.7. The number of guanidine groups is 1. The van der Waals surface area contributed by atoms with E-state index in [4.69, 9.17) is 11.5 Å². The lowest BCUT2D eigenvalue weighted by Crippen LogP contribution is -2.52. The van der Waals surface area contributed by atoms with Gasteiger partial charge in [-0.05, 0) is 42.3 Å². The smallest absolute Gasteiger partial charge is 0.326 e. The van der Waals surface area contributed by atoms with Gasteiger partial charge in [-0.1, -0.05) is 18.2 Å². The number of rotatable bonds is 10. The molecule has 2 aromatic carbocycles. The summed E-state index contributed by atoms with van der Waals surface area (Å²) >= 11 is 0. The molecule has 0 aliphatic rings. The largest absolute Gasteiger partial charge is 0.508 e. The molecular weight excluding hydrogens is 446 g/mol. The van der Waals surface area contributed by atoms with Gasteiger partial charge in [0, 0.05) is 12.8 Å². The number of nitrogens with one attached hydrogen (secondary N) is 2. The van der Waals surface area contributed by atoms with Gasteiger partial charge in [-0.3, -0.25) is 9.59 Å². The summed E-state index contributed by atoms with van der Waals surface area (Å²) in [6.07, 6.45) is -0.0898. The second-order valence-corrected chi connectivity index (χ2v) is 7.60. The number of benzene rings is 2. The second kappa shape index (κ2) is 11.4. The number of aliphatic imine (C=N–C) groups is 1. The number of nitrogens with zero attached hydrogens (tertiary/aromatic N) is 1. The quantitative estimate of drug-likeness (QED) is 0.124. The van der Waals surface area contributed by atoms with Gasteiger partial charge in [0.25, 0.3) is 0 Å². The summed E-state index contributed by atoms with van der Waals surface area (Å²) in [5.41, 5.74) is 11.9. The number of carboxylic acids is 1. The Balaban J connectivity index is 2.05. The van der Waals surface area contributed by atoms with E-state index in [0.29, 0.717) is 11.1 Å². The van der Waals surface area contributed by atoms with Gasteiger partial charge in [0.1, 0.15) is 23.9 Å². The highest BCUT2D eigenvalue weighted by atomic mass is 16.4. The van der Waals surface area contributed by atoms with E-state index in [1.54, 1.807) is 12.1 Å². The molecule has 12 nitrogen and oxygen atoms in total. The summed E-state index contributed by atoms with van der Waals surface area (Å²) in [7, 11) is 0. The van der Waals surface area contributed by atoms with Crippen molar-refractivity contribution >= 4 is 23.7 Å². The number of phenols is 3. The molecule has 0 unspecified atom stereocenters. The fourth-order valence-corrected chi connectivity index (χ4v) is 3.04. The van der Waals surface area contributed by atoms with E-state index in [2.05, 4.69) is 15.6 Å². The van der Waals surface area contributed by atoms with Crippen molar-refractivity contribution in [2.45, 2.75) is 37.9 Å². The maximum absolute atomic E-state index is 12.7. The van der Waals surface area contributed by atoms with Crippen LogP contribution in [0, 0.1) is 0 Å². The molecule has 10 N–H and O–H groups in total. The van der Waals surface area contributed by atoms with Crippen LogP contribution in [0.4, 0.5) is 0 Å². The summed E-state index contributed by atoms with van der Waals surface area (Å²) in [6.45, 7) is 1.37. The highest BCUT2D eigenvalue weighted by molar-refractivity contribution is 5.92. The van der Waals surface area contributed by atoms with E-state index in [1.807, 2.05) is 0 Å². The molecule has 2 rings (SSSR count). The van der Waals surface area contributed by atoms with Crippen LogP contribution < -0.4 is 22.1 Å². The Morgan fingerprint density at radius 3 is 2.06 bits per heavy atom. The van der Waals surface area contributed by atoms with Crippen LogP contribution in [0.3, 0.4) is 0 Å². The van der Waals surface area contributed by atoms with Crippen LogP contribution in [0.1, 0.15) is 18.1 Å². The molecule has 0 aromatic heterocycles. The monoisotopic (exact) mass is 473 g/mol. The van der Waals surface area contributed by atoms with Gasteiger partial charge in [-0.15, -0.1) is 0 Å². The molecule has 0 aliphatic heterocycles. The molecule has 0 fully saturated rings. The van der Waals surface area contributed by atoms with Gasteiger partial charge in [-0.2, -0.15) is 0 Å². The van der Waals surface area contributed by atoms with Crippen molar-refractivity contribution in [3.8, 4) is 17.2 Å². The minimum absolute atomic E-state index is 0.0485. The first-order chi connectivity index (χ1) is 16.0. The normalized spacial score (nSPS) is 13.2. The number of aliphatic carboxylic acids is 1. The zero-order valence-corrected chi connectivity index (χ0v) is 18.3. The van der Waals surface area contributed by atoms with E-state index >= 15 is 0 Å². The first kappa shape index (κ1) is 25.8. The average Bonchev–Trinajstić information content (AvgIpc) is 2.76. The molecule has 0 aliphatic carbocycles. The highest BCUT2D eigenvalue weighted by Crippen LogP contribution is 2.25. The number of amides is 2. The molecule has 0 heterocycles. The van der Waals surface area contributed by atoms with Crippen LogP contribution >= 0.6 is 0 Å². The standard InChI is InChI=1S/C22H27N5O7/c1-11(19(31)26-16(21(33)34)9-13-4-7-17(29)18(30)10-13)25-20(32)15(27-22(23)24)8-12-2-5-14(28)6-3-12/h2-7,10-11,15-16,28-30H,8-9H2,1H3,(H,25,32)(H,26,31)(H,33,34)(H4,23,24,27)/t11-,15+,16+/m1/s1. The van der Waals surface area contributed by atoms with Gasteiger partial charge in [0.2, 0.25) is 11.8 Å². The number of carboxylic acid groups (broad SMARTS) is 1. The molecule has 34 heavy (non-hydrogen) atoms. The fourth-order valence-electron chi connectivity index (χ4n) is 3.04. The first-order valence-corrected chi connectivity index (χ1v) is 10.2.